The summed E-state index contributed by atoms with van der Waals surface area (Å²) in [6, 6.07) is 0. The van der Waals surface area contributed by atoms with Crippen LogP contribution in [0.5, 0.6) is 0 Å². The molecule has 0 aliphatic carbocycles. The Morgan fingerprint density at radius 1 is 1.18 bits per heavy atom. The molecule has 0 aromatic carbocycles. The lowest BCUT2D eigenvalue weighted by Crippen LogP contribution is -2.60. The van der Waals surface area contributed by atoms with Gasteiger partial charge in [0.05, 0.1) is 18.1 Å². The van der Waals surface area contributed by atoms with Crippen molar-refractivity contribution in [1.29, 1.82) is 0 Å². The van der Waals surface area contributed by atoms with Crippen LogP contribution in [0, 0.1) is 5.92 Å². The van der Waals surface area contributed by atoms with Gasteiger partial charge in [-0.05, 0) is 12.8 Å². The van der Waals surface area contributed by atoms with Gasteiger partial charge in [-0.3, -0.25) is 4.79 Å². The number of rotatable bonds is 4. The summed E-state index contributed by atoms with van der Waals surface area (Å²) in [5, 5.41) is 38.1. The van der Waals surface area contributed by atoms with Crippen LogP contribution < -0.4 is 0 Å². The Balaban J connectivity index is 2.87. The first kappa shape index (κ1) is 14.4. The number of hydrogen-bond acceptors (Lipinski definition) is 5. The van der Waals surface area contributed by atoms with Gasteiger partial charge in [-0.15, -0.1) is 0 Å². The molecule has 1 aliphatic rings. The smallest absolute Gasteiger partial charge is 0.309 e. The van der Waals surface area contributed by atoms with E-state index in [0.29, 0.717) is 6.42 Å². The third-order valence-electron chi connectivity index (χ3n) is 3.31. The third kappa shape index (κ3) is 2.77. The van der Waals surface area contributed by atoms with E-state index < -0.39 is 42.4 Å². The Morgan fingerprint density at radius 2 is 1.76 bits per heavy atom. The Bertz CT molecular complexity index is 267. The largest absolute Gasteiger partial charge is 0.481 e. The van der Waals surface area contributed by atoms with Gasteiger partial charge in [-0.2, -0.15) is 0 Å². The first-order chi connectivity index (χ1) is 7.93. The SMILES string of the molecule is CCC(C(=O)O)C1O[C@@H](CC)[C@H](O)[C@@H](O)[C@H]1O. The Hall–Kier alpha value is -0.690. The van der Waals surface area contributed by atoms with Crippen LogP contribution in [0.3, 0.4) is 0 Å². The van der Waals surface area contributed by atoms with Crippen molar-refractivity contribution in [3.8, 4) is 0 Å². The minimum atomic E-state index is -1.38. The molecular formula is C11H20O6. The highest BCUT2D eigenvalue weighted by Gasteiger charge is 2.47. The average molecular weight is 248 g/mol. The van der Waals surface area contributed by atoms with Crippen molar-refractivity contribution in [3.63, 3.8) is 0 Å². The fraction of sp³-hybridized carbons (Fsp3) is 0.909. The highest BCUT2D eigenvalue weighted by Crippen LogP contribution is 2.28. The van der Waals surface area contributed by atoms with Crippen LogP contribution in [0.1, 0.15) is 26.7 Å². The maximum Gasteiger partial charge on any atom is 0.309 e. The summed E-state index contributed by atoms with van der Waals surface area (Å²) in [6.45, 7) is 3.43. The number of carboxylic acid groups (broad SMARTS) is 1. The summed E-state index contributed by atoms with van der Waals surface area (Å²) in [4.78, 5) is 11.0. The van der Waals surface area contributed by atoms with E-state index in [1.54, 1.807) is 13.8 Å². The van der Waals surface area contributed by atoms with Gasteiger partial charge in [0.2, 0.25) is 0 Å². The van der Waals surface area contributed by atoms with Crippen LogP contribution in [0.4, 0.5) is 0 Å². The van der Waals surface area contributed by atoms with Gasteiger partial charge >= 0.3 is 5.97 Å². The molecule has 0 bridgehead atoms. The zero-order chi connectivity index (χ0) is 13.2. The first-order valence-electron chi connectivity index (χ1n) is 5.86. The monoisotopic (exact) mass is 248 g/mol. The van der Waals surface area contributed by atoms with Crippen molar-refractivity contribution >= 4 is 5.97 Å². The first-order valence-corrected chi connectivity index (χ1v) is 5.86. The van der Waals surface area contributed by atoms with E-state index in [1.165, 1.54) is 0 Å². The van der Waals surface area contributed by atoms with E-state index in [9.17, 15) is 20.1 Å². The van der Waals surface area contributed by atoms with Gasteiger partial charge < -0.3 is 25.2 Å². The molecule has 0 amide bonds. The molecule has 0 saturated carbocycles. The van der Waals surface area contributed by atoms with Gasteiger partial charge in [-0.25, -0.2) is 0 Å². The molecule has 4 N–H and O–H groups in total. The third-order valence-corrected chi connectivity index (χ3v) is 3.31. The van der Waals surface area contributed by atoms with Gasteiger partial charge in [0.25, 0.3) is 0 Å². The van der Waals surface area contributed by atoms with E-state index in [4.69, 9.17) is 9.84 Å². The second-order valence-electron chi connectivity index (χ2n) is 4.37. The zero-order valence-electron chi connectivity index (χ0n) is 9.98. The maximum absolute atomic E-state index is 11.0. The minimum Gasteiger partial charge on any atom is -0.481 e. The van der Waals surface area contributed by atoms with E-state index in [1.807, 2.05) is 0 Å². The van der Waals surface area contributed by atoms with Gasteiger partial charge in [0, 0.05) is 0 Å². The predicted octanol–water partition coefficient (Wildman–Crippen LogP) is -0.643. The van der Waals surface area contributed by atoms with Crippen LogP contribution >= 0.6 is 0 Å². The number of carbonyl (C=O) groups is 1. The van der Waals surface area contributed by atoms with E-state index in [-0.39, 0.29) is 6.42 Å². The van der Waals surface area contributed by atoms with E-state index in [0.717, 1.165) is 0 Å². The molecule has 1 fully saturated rings. The number of aliphatic hydroxyl groups excluding tert-OH is 3. The van der Waals surface area contributed by atoms with Crippen LogP contribution in [-0.4, -0.2) is 56.9 Å². The molecule has 0 aromatic heterocycles. The van der Waals surface area contributed by atoms with Crippen molar-refractivity contribution in [2.45, 2.75) is 57.2 Å². The number of hydrogen-bond donors (Lipinski definition) is 4. The molecule has 0 aromatic rings. The molecule has 0 radical (unpaired) electrons. The molecule has 2 unspecified atom stereocenters. The van der Waals surface area contributed by atoms with Gasteiger partial charge in [0.1, 0.15) is 18.3 Å². The molecule has 17 heavy (non-hydrogen) atoms. The summed E-state index contributed by atoms with van der Waals surface area (Å²) in [6.07, 6.45) is -4.83. The lowest BCUT2D eigenvalue weighted by atomic mass is 9.86. The minimum absolute atomic E-state index is 0.288. The topological polar surface area (TPSA) is 107 Å². The summed E-state index contributed by atoms with van der Waals surface area (Å²) in [5.74, 6) is -1.96. The second-order valence-corrected chi connectivity index (χ2v) is 4.37. The summed E-state index contributed by atoms with van der Waals surface area (Å²) in [5.41, 5.74) is 0. The van der Waals surface area contributed by atoms with Gasteiger partial charge in [-0.1, -0.05) is 13.8 Å². The maximum atomic E-state index is 11.0. The number of ether oxygens (including phenoxy) is 1. The predicted molar refractivity (Wildman–Crippen MR) is 58.4 cm³/mol. The Labute approximate surface area is 99.8 Å². The molecule has 1 heterocycles. The molecule has 6 atom stereocenters. The van der Waals surface area contributed by atoms with E-state index >= 15 is 0 Å². The number of aliphatic carboxylic acids is 1. The molecule has 6 heteroatoms. The highest BCUT2D eigenvalue weighted by molar-refractivity contribution is 5.70. The summed E-state index contributed by atoms with van der Waals surface area (Å²) in [7, 11) is 0. The lowest BCUT2D eigenvalue weighted by molar-refractivity contribution is -0.236. The lowest BCUT2D eigenvalue weighted by Gasteiger charge is -2.42. The van der Waals surface area contributed by atoms with Crippen molar-refractivity contribution in [3.05, 3.63) is 0 Å². The standard InChI is InChI=1S/C11H20O6/c1-3-5(11(15)16)10-9(14)8(13)7(12)6(4-2)17-10/h5-10,12-14H,3-4H2,1-2H3,(H,15,16)/t5?,6-,7-,8+,9+,10?/m0/s1. The summed E-state index contributed by atoms with van der Waals surface area (Å²) < 4.78 is 5.40. The number of aliphatic hydroxyl groups is 3. The van der Waals surface area contributed by atoms with Crippen LogP contribution in [-0.2, 0) is 9.53 Å². The fourth-order valence-corrected chi connectivity index (χ4v) is 2.20. The molecular weight excluding hydrogens is 228 g/mol. The van der Waals surface area contributed by atoms with Crippen molar-refractivity contribution in [1.82, 2.24) is 0 Å². The molecule has 1 rings (SSSR count). The molecule has 100 valence electrons. The van der Waals surface area contributed by atoms with Gasteiger partial charge in [0.15, 0.2) is 0 Å². The molecule has 0 spiro atoms. The summed E-state index contributed by atoms with van der Waals surface area (Å²) >= 11 is 0. The molecule has 6 nitrogen and oxygen atoms in total. The molecule has 1 aliphatic heterocycles. The Morgan fingerprint density at radius 3 is 2.18 bits per heavy atom. The molecule has 1 saturated heterocycles. The second kappa shape index (κ2) is 5.77. The fourth-order valence-electron chi connectivity index (χ4n) is 2.20. The zero-order valence-corrected chi connectivity index (χ0v) is 9.98. The van der Waals surface area contributed by atoms with Crippen molar-refractivity contribution in [2.75, 3.05) is 0 Å². The van der Waals surface area contributed by atoms with Crippen LogP contribution in [0.15, 0.2) is 0 Å². The van der Waals surface area contributed by atoms with E-state index in [2.05, 4.69) is 0 Å². The number of carboxylic acids is 1. The quantitative estimate of drug-likeness (QED) is 0.527. The van der Waals surface area contributed by atoms with Crippen LogP contribution in [0.25, 0.3) is 0 Å². The van der Waals surface area contributed by atoms with Crippen LogP contribution in [0.2, 0.25) is 0 Å². The van der Waals surface area contributed by atoms with Crippen molar-refractivity contribution in [2.24, 2.45) is 5.92 Å². The highest BCUT2D eigenvalue weighted by atomic mass is 16.5. The average Bonchev–Trinajstić information content (AvgIpc) is 2.29. The van der Waals surface area contributed by atoms with Crippen molar-refractivity contribution < 1.29 is 30.0 Å². The Kier molecular flexibility index (Phi) is 4.88. The normalized spacial score (nSPS) is 39.9.